The molecule has 1 fully saturated rings. The molecule has 0 bridgehead atoms. The lowest BCUT2D eigenvalue weighted by atomic mass is 9.94. The van der Waals surface area contributed by atoms with E-state index in [-0.39, 0.29) is 17.3 Å². The van der Waals surface area contributed by atoms with Crippen LogP contribution in [0.2, 0.25) is 0 Å². The van der Waals surface area contributed by atoms with Gasteiger partial charge in [0, 0.05) is 12.6 Å². The van der Waals surface area contributed by atoms with Crippen LogP contribution in [0, 0.1) is 0 Å². The van der Waals surface area contributed by atoms with Gasteiger partial charge in [-0.05, 0) is 48.3 Å². The summed E-state index contributed by atoms with van der Waals surface area (Å²) in [7, 11) is 2.04. The van der Waals surface area contributed by atoms with Crippen molar-refractivity contribution < 1.29 is 9.42 Å². The zero-order valence-electron chi connectivity index (χ0n) is 19.4. The van der Waals surface area contributed by atoms with Gasteiger partial charge in [-0.3, -0.25) is 9.69 Å². The number of anilines is 1. The molecule has 4 rings (SSSR count). The molecule has 1 saturated carbocycles. The number of carbonyl (C=O) groups is 1. The monoisotopic (exact) mass is 463 g/mol. The molecule has 2 heterocycles. The summed E-state index contributed by atoms with van der Waals surface area (Å²) < 4.78 is 6.14. The highest BCUT2D eigenvalue weighted by Crippen LogP contribution is 2.24. The van der Waals surface area contributed by atoms with Crippen molar-refractivity contribution >= 4 is 24.0 Å². The Labute approximate surface area is 197 Å². The number of benzene rings is 1. The van der Waals surface area contributed by atoms with Gasteiger partial charge in [-0.2, -0.15) is 9.78 Å². The molecular weight excluding hydrogens is 434 g/mol. The molecule has 0 spiro atoms. The number of carbonyl (C=O) groups excluding carboxylic acids is 1. The van der Waals surface area contributed by atoms with Crippen molar-refractivity contribution in [2.75, 3.05) is 12.8 Å². The van der Waals surface area contributed by atoms with Crippen molar-refractivity contribution in [2.24, 2.45) is 5.10 Å². The Balaban J connectivity index is 1.53. The van der Waals surface area contributed by atoms with Crippen LogP contribution in [0.3, 0.4) is 0 Å². The number of hydrogen-bond acceptors (Lipinski definition) is 9. The van der Waals surface area contributed by atoms with Gasteiger partial charge in [0.1, 0.15) is 0 Å². The second-order valence-corrected chi connectivity index (χ2v) is 8.47. The van der Waals surface area contributed by atoms with Crippen LogP contribution in [0.5, 0.6) is 0 Å². The lowest BCUT2D eigenvalue weighted by Gasteiger charge is -2.31. The number of nitrogen functional groups attached to an aromatic ring is 1. The average molecular weight is 464 g/mol. The van der Waals surface area contributed by atoms with Gasteiger partial charge in [0.25, 0.3) is 5.91 Å². The second kappa shape index (κ2) is 10.8. The number of aromatic nitrogens is 5. The predicted octanol–water partition coefficient (Wildman–Crippen LogP) is 2.82. The third-order valence-corrected chi connectivity index (χ3v) is 5.90. The van der Waals surface area contributed by atoms with Crippen LogP contribution < -0.4 is 11.2 Å². The van der Waals surface area contributed by atoms with Crippen LogP contribution in [0.25, 0.3) is 11.9 Å². The van der Waals surface area contributed by atoms with Gasteiger partial charge in [0.2, 0.25) is 11.6 Å². The lowest BCUT2D eigenvalue weighted by molar-refractivity contribution is 0.0947. The maximum atomic E-state index is 13.0. The van der Waals surface area contributed by atoms with Crippen LogP contribution in [0.4, 0.5) is 5.82 Å². The van der Waals surface area contributed by atoms with Crippen molar-refractivity contribution in [3.8, 4) is 5.82 Å². The van der Waals surface area contributed by atoms with E-state index in [9.17, 15) is 4.79 Å². The summed E-state index contributed by atoms with van der Waals surface area (Å²) in [5, 5.41) is 19.7. The third kappa shape index (κ3) is 5.54. The topological polar surface area (TPSA) is 140 Å². The molecule has 11 heteroatoms. The molecule has 0 saturated heterocycles. The Morgan fingerprint density at radius 3 is 2.74 bits per heavy atom. The van der Waals surface area contributed by atoms with E-state index in [1.54, 1.807) is 6.21 Å². The van der Waals surface area contributed by atoms with Gasteiger partial charge in [-0.15, -0.1) is 5.10 Å². The van der Waals surface area contributed by atoms with Gasteiger partial charge < -0.3 is 5.73 Å². The molecule has 11 nitrogen and oxygen atoms in total. The first-order valence-electron chi connectivity index (χ1n) is 11.3. The highest BCUT2D eigenvalue weighted by atomic mass is 16.6. The summed E-state index contributed by atoms with van der Waals surface area (Å²) in [5.74, 6) is -0.209. The Kier molecular flexibility index (Phi) is 7.43. The molecule has 3 aromatic rings. The molecule has 1 aliphatic carbocycles. The first kappa shape index (κ1) is 23.3. The van der Waals surface area contributed by atoms with Crippen molar-refractivity contribution in [1.82, 2.24) is 35.6 Å². The van der Waals surface area contributed by atoms with Crippen LogP contribution in [-0.2, 0) is 6.54 Å². The minimum atomic E-state index is -0.475. The van der Waals surface area contributed by atoms with Crippen molar-refractivity contribution in [1.29, 1.82) is 0 Å². The molecule has 0 atom stereocenters. The average Bonchev–Trinajstić information content (AvgIpc) is 3.45. The zero-order valence-corrected chi connectivity index (χ0v) is 19.4. The van der Waals surface area contributed by atoms with Gasteiger partial charge in [0.15, 0.2) is 5.69 Å². The second-order valence-electron chi connectivity index (χ2n) is 8.47. The first-order chi connectivity index (χ1) is 16.5. The van der Waals surface area contributed by atoms with Crippen LogP contribution >= 0.6 is 0 Å². The third-order valence-electron chi connectivity index (χ3n) is 5.90. The number of hydrazone groups is 1. The van der Waals surface area contributed by atoms with E-state index in [0.717, 1.165) is 24.0 Å². The predicted molar refractivity (Wildman–Crippen MR) is 128 cm³/mol. The SMILES string of the molecule is CC(C=NNC(=O)c1nnn(-c2nonc2N)c1CN(C)C1CCCCC1)=Cc1ccccc1. The number of hydrogen-bond donors (Lipinski definition) is 2. The largest absolute Gasteiger partial charge is 0.378 e. The van der Waals surface area contributed by atoms with Gasteiger partial charge in [0.05, 0.1) is 11.9 Å². The maximum Gasteiger partial charge on any atom is 0.293 e. The molecule has 0 unspecified atom stereocenters. The minimum Gasteiger partial charge on any atom is -0.378 e. The van der Waals surface area contributed by atoms with Gasteiger partial charge in [-0.1, -0.05) is 60.9 Å². The maximum absolute atomic E-state index is 13.0. The first-order valence-corrected chi connectivity index (χ1v) is 11.3. The Bertz CT molecular complexity index is 1160. The molecule has 0 radical (unpaired) electrons. The fourth-order valence-electron chi connectivity index (χ4n) is 4.11. The van der Waals surface area contributed by atoms with Crippen LogP contribution in [-0.4, -0.2) is 55.4 Å². The highest BCUT2D eigenvalue weighted by Gasteiger charge is 2.27. The lowest BCUT2D eigenvalue weighted by Crippen LogP contribution is -2.34. The number of nitrogens with two attached hydrogens (primary N) is 1. The standard InChI is InChI=1S/C23H29N9O2/c1-16(13-17-9-5-3-6-10-17)14-25-27-23(33)20-19(15-31(2)18-11-7-4-8-12-18)32(30-26-20)22-21(24)28-34-29-22/h3,5-6,9-10,13-14,18H,4,7-8,11-12,15H2,1-2H3,(H2,24,28)(H,27,33). The van der Waals surface area contributed by atoms with E-state index in [1.807, 2.05) is 50.4 Å². The molecule has 2 aromatic heterocycles. The quantitative estimate of drug-likeness (QED) is 0.384. The van der Waals surface area contributed by atoms with Gasteiger partial charge in [-0.25, -0.2) is 10.1 Å². The molecule has 1 aromatic carbocycles. The van der Waals surface area contributed by atoms with Crippen molar-refractivity contribution in [3.63, 3.8) is 0 Å². The number of amides is 1. The molecule has 178 valence electrons. The molecule has 3 N–H and O–H groups in total. The number of nitrogens with one attached hydrogen (secondary N) is 1. The normalized spacial score (nSPS) is 15.3. The summed E-state index contributed by atoms with van der Waals surface area (Å²) in [4.78, 5) is 15.2. The fourth-order valence-corrected chi connectivity index (χ4v) is 4.11. The van der Waals surface area contributed by atoms with Gasteiger partial charge >= 0.3 is 0 Å². The van der Waals surface area contributed by atoms with Crippen LogP contribution in [0.15, 0.2) is 45.6 Å². The highest BCUT2D eigenvalue weighted by molar-refractivity contribution is 5.94. The minimum absolute atomic E-state index is 0.0677. The molecule has 0 aliphatic heterocycles. The summed E-state index contributed by atoms with van der Waals surface area (Å²) in [6, 6.07) is 10.3. The van der Waals surface area contributed by atoms with E-state index >= 15 is 0 Å². The van der Waals surface area contributed by atoms with Crippen molar-refractivity contribution in [3.05, 3.63) is 52.9 Å². The molecular formula is C23H29N9O2. The Morgan fingerprint density at radius 1 is 1.26 bits per heavy atom. The summed E-state index contributed by atoms with van der Waals surface area (Å²) in [5.41, 5.74) is 11.0. The molecule has 1 amide bonds. The van der Waals surface area contributed by atoms with Crippen molar-refractivity contribution in [2.45, 2.75) is 51.6 Å². The zero-order chi connectivity index (χ0) is 23.9. The Morgan fingerprint density at radius 2 is 2.03 bits per heavy atom. The van der Waals surface area contributed by atoms with E-state index < -0.39 is 5.91 Å². The van der Waals surface area contributed by atoms with E-state index in [1.165, 1.54) is 23.9 Å². The van der Waals surface area contributed by atoms with E-state index in [2.05, 4.69) is 36.1 Å². The number of allylic oxidation sites excluding steroid dienone is 1. The molecule has 1 aliphatic rings. The summed E-state index contributed by atoms with van der Waals surface area (Å²) in [6.45, 7) is 2.34. The van der Waals surface area contributed by atoms with Crippen LogP contribution in [0.1, 0.15) is 60.8 Å². The van der Waals surface area contributed by atoms with E-state index in [4.69, 9.17) is 10.4 Å². The van der Waals surface area contributed by atoms with E-state index in [0.29, 0.717) is 18.3 Å². The molecule has 34 heavy (non-hydrogen) atoms. The number of rotatable bonds is 8. The smallest absolute Gasteiger partial charge is 0.293 e. The summed E-state index contributed by atoms with van der Waals surface area (Å²) >= 11 is 0. The summed E-state index contributed by atoms with van der Waals surface area (Å²) in [6.07, 6.45) is 9.44. The number of nitrogens with zero attached hydrogens (tertiary/aromatic N) is 7. The Hall–Kier alpha value is -3.86. The fraction of sp³-hybridized carbons (Fsp3) is 0.391.